The highest BCUT2D eigenvalue weighted by molar-refractivity contribution is 5.80. The average Bonchev–Trinajstić information content (AvgIpc) is 2.63. The van der Waals surface area contributed by atoms with Crippen molar-refractivity contribution in [3.8, 4) is 0 Å². The molecule has 2 fully saturated rings. The van der Waals surface area contributed by atoms with Crippen molar-refractivity contribution in [2.75, 3.05) is 19.7 Å². The fraction of sp³-hybridized carbons (Fsp3) is 0.875. The van der Waals surface area contributed by atoms with Crippen molar-refractivity contribution in [2.45, 2.75) is 25.0 Å². The zero-order chi connectivity index (χ0) is 9.26. The predicted octanol–water partition coefficient (Wildman–Crippen LogP) is -1.16. The van der Waals surface area contributed by atoms with Gasteiger partial charge in [0, 0.05) is 12.6 Å². The van der Waals surface area contributed by atoms with Crippen molar-refractivity contribution in [1.82, 2.24) is 10.3 Å². The van der Waals surface area contributed by atoms with Crippen LogP contribution >= 0.6 is 0 Å². The molecule has 5 heteroatoms. The first kappa shape index (κ1) is 8.93. The SMILES string of the molecule is NNC(=O)C1CN2CCCC2CO1. The van der Waals surface area contributed by atoms with Gasteiger partial charge in [0.05, 0.1) is 6.61 Å². The molecule has 0 aromatic heterocycles. The molecule has 0 spiro atoms. The molecule has 0 aromatic carbocycles. The van der Waals surface area contributed by atoms with E-state index in [9.17, 15) is 4.79 Å². The summed E-state index contributed by atoms with van der Waals surface area (Å²) in [6.45, 7) is 2.44. The fourth-order valence-electron chi connectivity index (χ4n) is 2.07. The molecule has 3 N–H and O–H groups in total. The highest BCUT2D eigenvalue weighted by Gasteiger charge is 2.34. The second kappa shape index (κ2) is 3.61. The van der Waals surface area contributed by atoms with Crippen molar-refractivity contribution in [2.24, 2.45) is 5.84 Å². The average molecular weight is 185 g/mol. The number of hydrazine groups is 1. The molecule has 0 bridgehead atoms. The van der Waals surface area contributed by atoms with E-state index in [0.717, 1.165) is 6.54 Å². The maximum atomic E-state index is 11.2. The second-order valence-corrected chi connectivity index (χ2v) is 3.62. The van der Waals surface area contributed by atoms with Crippen molar-refractivity contribution in [3.63, 3.8) is 0 Å². The van der Waals surface area contributed by atoms with Gasteiger partial charge >= 0.3 is 0 Å². The Kier molecular flexibility index (Phi) is 2.48. The Morgan fingerprint density at radius 1 is 1.62 bits per heavy atom. The van der Waals surface area contributed by atoms with Gasteiger partial charge in [-0.2, -0.15) is 0 Å². The van der Waals surface area contributed by atoms with Gasteiger partial charge in [-0.3, -0.25) is 15.1 Å². The number of ether oxygens (including phenoxy) is 1. The Labute approximate surface area is 77.2 Å². The van der Waals surface area contributed by atoms with E-state index in [1.807, 2.05) is 0 Å². The first-order valence-corrected chi connectivity index (χ1v) is 4.67. The molecule has 2 atom stereocenters. The highest BCUT2D eigenvalue weighted by atomic mass is 16.5. The van der Waals surface area contributed by atoms with Crippen LogP contribution in [-0.2, 0) is 9.53 Å². The van der Waals surface area contributed by atoms with Crippen molar-refractivity contribution < 1.29 is 9.53 Å². The summed E-state index contributed by atoms with van der Waals surface area (Å²) >= 11 is 0. The minimum atomic E-state index is -0.376. The van der Waals surface area contributed by atoms with Crippen molar-refractivity contribution in [3.05, 3.63) is 0 Å². The minimum absolute atomic E-state index is 0.217. The molecule has 2 aliphatic heterocycles. The van der Waals surface area contributed by atoms with Crippen LogP contribution in [0.4, 0.5) is 0 Å². The number of nitrogens with zero attached hydrogens (tertiary/aromatic N) is 1. The number of hydrogen-bond donors (Lipinski definition) is 2. The maximum absolute atomic E-state index is 11.2. The second-order valence-electron chi connectivity index (χ2n) is 3.62. The van der Waals surface area contributed by atoms with Crippen LogP contribution in [0.3, 0.4) is 0 Å². The number of nitrogens with one attached hydrogen (secondary N) is 1. The Balaban J connectivity index is 1.93. The number of carbonyl (C=O) groups excluding carboxylic acids is 1. The van der Waals surface area contributed by atoms with E-state index in [1.54, 1.807) is 0 Å². The van der Waals surface area contributed by atoms with E-state index in [-0.39, 0.29) is 12.0 Å². The van der Waals surface area contributed by atoms with Gasteiger partial charge in [-0.25, -0.2) is 5.84 Å². The van der Waals surface area contributed by atoms with Gasteiger partial charge in [-0.15, -0.1) is 0 Å². The lowest BCUT2D eigenvalue weighted by molar-refractivity contribution is -0.140. The first-order valence-electron chi connectivity index (χ1n) is 4.67. The van der Waals surface area contributed by atoms with E-state index in [1.165, 1.54) is 12.8 Å². The molecule has 0 radical (unpaired) electrons. The van der Waals surface area contributed by atoms with Gasteiger partial charge in [0.1, 0.15) is 6.10 Å². The van der Waals surface area contributed by atoms with Crippen LogP contribution < -0.4 is 11.3 Å². The molecular weight excluding hydrogens is 170 g/mol. The quantitative estimate of drug-likeness (QED) is 0.307. The number of rotatable bonds is 1. The lowest BCUT2D eigenvalue weighted by Crippen LogP contribution is -2.53. The highest BCUT2D eigenvalue weighted by Crippen LogP contribution is 2.22. The van der Waals surface area contributed by atoms with Crippen LogP contribution in [-0.4, -0.2) is 42.6 Å². The summed E-state index contributed by atoms with van der Waals surface area (Å²) in [6.07, 6.45) is 2.03. The predicted molar refractivity (Wildman–Crippen MR) is 46.7 cm³/mol. The van der Waals surface area contributed by atoms with Gasteiger partial charge in [0.2, 0.25) is 0 Å². The number of carbonyl (C=O) groups is 1. The van der Waals surface area contributed by atoms with Gasteiger partial charge in [-0.05, 0) is 19.4 Å². The van der Waals surface area contributed by atoms with E-state index in [0.29, 0.717) is 19.2 Å². The van der Waals surface area contributed by atoms with Crippen LogP contribution in [0.2, 0.25) is 0 Å². The molecule has 0 aromatic rings. The summed E-state index contributed by atoms with van der Waals surface area (Å²) in [5, 5.41) is 0. The summed E-state index contributed by atoms with van der Waals surface area (Å²) in [7, 11) is 0. The summed E-state index contributed by atoms with van der Waals surface area (Å²) in [5.74, 6) is 4.82. The van der Waals surface area contributed by atoms with Crippen LogP contribution in [0.5, 0.6) is 0 Å². The molecule has 2 saturated heterocycles. The molecule has 0 aliphatic carbocycles. The molecular formula is C8H15N3O2. The summed E-state index contributed by atoms with van der Waals surface area (Å²) in [4.78, 5) is 13.5. The number of nitrogens with two attached hydrogens (primary N) is 1. The standard InChI is InChI=1S/C8H15N3O2/c9-10-8(12)7-4-11-3-1-2-6(11)5-13-7/h6-7H,1-5,9H2,(H,10,12). The largest absolute Gasteiger partial charge is 0.365 e. The van der Waals surface area contributed by atoms with E-state index < -0.39 is 0 Å². The molecule has 2 unspecified atom stereocenters. The van der Waals surface area contributed by atoms with Gasteiger partial charge < -0.3 is 4.74 Å². The third-order valence-corrected chi connectivity index (χ3v) is 2.82. The van der Waals surface area contributed by atoms with E-state index >= 15 is 0 Å². The summed E-state index contributed by atoms with van der Waals surface area (Å²) in [5.41, 5.74) is 2.12. The number of fused-ring (bicyclic) bond motifs is 1. The normalized spacial score (nSPS) is 34.2. The first-order chi connectivity index (χ1) is 6.31. The molecule has 5 nitrogen and oxygen atoms in total. The van der Waals surface area contributed by atoms with Crippen molar-refractivity contribution >= 4 is 5.91 Å². The number of morpholine rings is 1. The molecule has 2 aliphatic rings. The molecule has 13 heavy (non-hydrogen) atoms. The lowest BCUT2D eigenvalue weighted by Gasteiger charge is -2.33. The Morgan fingerprint density at radius 3 is 3.23 bits per heavy atom. The Bertz CT molecular complexity index is 210. The molecule has 2 rings (SSSR count). The van der Waals surface area contributed by atoms with E-state index in [2.05, 4.69) is 10.3 Å². The number of hydrogen-bond acceptors (Lipinski definition) is 4. The van der Waals surface area contributed by atoms with E-state index in [4.69, 9.17) is 10.6 Å². The monoisotopic (exact) mass is 185 g/mol. The molecule has 74 valence electrons. The van der Waals surface area contributed by atoms with Gasteiger partial charge in [0.25, 0.3) is 5.91 Å². The summed E-state index contributed by atoms with van der Waals surface area (Å²) < 4.78 is 5.41. The van der Waals surface area contributed by atoms with Crippen molar-refractivity contribution in [1.29, 1.82) is 0 Å². The third kappa shape index (κ3) is 1.67. The maximum Gasteiger partial charge on any atom is 0.264 e. The topological polar surface area (TPSA) is 67.6 Å². The summed E-state index contributed by atoms with van der Waals surface area (Å²) in [6, 6.07) is 0.529. The number of amides is 1. The molecule has 1 amide bonds. The van der Waals surface area contributed by atoms with Crippen LogP contribution in [0.25, 0.3) is 0 Å². The molecule has 0 saturated carbocycles. The third-order valence-electron chi connectivity index (χ3n) is 2.82. The Hall–Kier alpha value is -0.650. The smallest absolute Gasteiger partial charge is 0.264 e. The molecule has 2 heterocycles. The lowest BCUT2D eigenvalue weighted by atomic mass is 10.2. The zero-order valence-corrected chi connectivity index (χ0v) is 7.53. The van der Waals surface area contributed by atoms with Crippen LogP contribution in [0.1, 0.15) is 12.8 Å². The minimum Gasteiger partial charge on any atom is -0.365 e. The Morgan fingerprint density at radius 2 is 2.46 bits per heavy atom. The fourth-order valence-corrected chi connectivity index (χ4v) is 2.07. The zero-order valence-electron chi connectivity index (χ0n) is 7.53. The van der Waals surface area contributed by atoms with Crippen LogP contribution in [0, 0.1) is 0 Å². The van der Waals surface area contributed by atoms with Crippen LogP contribution in [0.15, 0.2) is 0 Å². The van der Waals surface area contributed by atoms with Gasteiger partial charge in [-0.1, -0.05) is 0 Å². The van der Waals surface area contributed by atoms with Gasteiger partial charge in [0.15, 0.2) is 0 Å².